The van der Waals surface area contributed by atoms with Gasteiger partial charge in [0.15, 0.2) is 11.5 Å². The number of benzene rings is 2. The molecule has 0 radical (unpaired) electrons. The monoisotopic (exact) mass is 401 g/mol. The van der Waals surface area contributed by atoms with E-state index in [2.05, 4.69) is 10.2 Å². The van der Waals surface area contributed by atoms with Crippen molar-refractivity contribution in [2.75, 3.05) is 64.8 Å². The van der Waals surface area contributed by atoms with Crippen molar-refractivity contribution >= 4 is 17.4 Å². The highest BCUT2D eigenvalue weighted by molar-refractivity contribution is 5.90. The number of carbonyl (C=O) groups is 1. The molecule has 1 aliphatic rings. The summed E-state index contributed by atoms with van der Waals surface area (Å²) in [5, 5.41) is 2.92. The topological polar surface area (TPSA) is 72.5 Å². The molecule has 0 saturated carbocycles. The summed E-state index contributed by atoms with van der Waals surface area (Å²) >= 11 is 0. The zero-order valence-corrected chi connectivity index (χ0v) is 17.2. The van der Waals surface area contributed by atoms with Crippen LogP contribution in [0.25, 0.3) is 0 Å². The van der Waals surface area contributed by atoms with Crippen LogP contribution in [0.5, 0.6) is 23.0 Å². The fourth-order valence-electron chi connectivity index (χ4n) is 3.32. The molecule has 0 aliphatic carbocycles. The van der Waals surface area contributed by atoms with Gasteiger partial charge in [0.1, 0.15) is 5.75 Å². The van der Waals surface area contributed by atoms with E-state index in [9.17, 15) is 4.79 Å². The number of nitrogens with one attached hydrogen (secondary N) is 1. The van der Waals surface area contributed by atoms with Gasteiger partial charge in [-0.15, -0.1) is 0 Å². The molecule has 0 aromatic heterocycles. The molecule has 0 unspecified atom stereocenters. The van der Waals surface area contributed by atoms with Gasteiger partial charge in [0.05, 0.1) is 34.1 Å². The highest BCUT2D eigenvalue weighted by Crippen LogP contribution is 2.40. The Bertz CT molecular complexity index is 808. The minimum atomic E-state index is -0.159. The van der Waals surface area contributed by atoms with Gasteiger partial charge in [-0.25, -0.2) is 4.79 Å². The lowest BCUT2D eigenvalue weighted by molar-refractivity contribution is 0.208. The summed E-state index contributed by atoms with van der Waals surface area (Å²) in [7, 11) is 6.28. The maximum absolute atomic E-state index is 12.7. The Morgan fingerprint density at radius 3 is 1.90 bits per heavy atom. The van der Waals surface area contributed by atoms with Crippen molar-refractivity contribution in [2.24, 2.45) is 0 Å². The summed E-state index contributed by atoms with van der Waals surface area (Å²) in [5.74, 6) is 2.30. The van der Waals surface area contributed by atoms with Crippen LogP contribution in [-0.2, 0) is 0 Å². The number of urea groups is 1. The number of carbonyl (C=O) groups excluding carboxylic acids is 1. The third kappa shape index (κ3) is 4.59. The van der Waals surface area contributed by atoms with Crippen molar-refractivity contribution in [3.05, 3.63) is 36.4 Å². The summed E-state index contributed by atoms with van der Waals surface area (Å²) in [5.41, 5.74) is 1.71. The van der Waals surface area contributed by atoms with Crippen LogP contribution in [0.4, 0.5) is 16.2 Å². The lowest BCUT2D eigenvalue weighted by Crippen LogP contribution is -2.50. The van der Waals surface area contributed by atoms with Gasteiger partial charge in [0.25, 0.3) is 0 Å². The molecule has 2 amide bonds. The first-order valence-electron chi connectivity index (χ1n) is 9.34. The third-order valence-electron chi connectivity index (χ3n) is 4.92. The van der Waals surface area contributed by atoms with Crippen LogP contribution in [0.2, 0.25) is 0 Å². The molecule has 8 nitrogen and oxygen atoms in total. The molecule has 2 aromatic carbocycles. The molecule has 0 atom stereocenters. The molecule has 156 valence electrons. The maximum Gasteiger partial charge on any atom is 0.321 e. The van der Waals surface area contributed by atoms with Crippen molar-refractivity contribution in [2.45, 2.75) is 0 Å². The minimum absolute atomic E-state index is 0.159. The Hall–Kier alpha value is -3.29. The molecule has 8 heteroatoms. The van der Waals surface area contributed by atoms with E-state index in [1.807, 2.05) is 24.3 Å². The average Bonchev–Trinajstić information content (AvgIpc) is 2.78. The van der Waals surface area contributed by atoms with E-state index in [0.717, 1.165) is 24.5 Å². The van der Waals surface area contributed by atoms with Gasteiger partial charge >= 0.3 is 6.03 Å². The summed E-state index contributed by atoms with van der Waals surface area (Å²) in [4.78, 5) is 16.8. The van der Waals surface area contributed by atoms with Crippen LogP contribution in [0.1, 0.15) is 0 Å². The molecule has 0 spiro atoms. The minimum Gasteiger partial charge on any atom is -0.497 e. The molecule has 2 aromatic rings. The maximum atomic E-state index is 12.7. The number of methoxy groups -OCH3 is 4. The van der Waals surface area contributed by atoms with Gasteiger partial charge in [-0.1, -0.05) is 0 Å². The van der Waals surface area contributed by atoms with Crippen molar-refractivity contribution in [1.82, 2.24) is 4.90 Å². The average molecular weight is 401 g/mol. The highest BCUT2D eigenvalue weighted by atomic mass is 16.5. The zero-order valence-electron chi connectivity index (χ0n) is 17.2. The first-order valence-corrected chi connectivity index (χ1v) is 9.34. The number of hydrogen-bond donors (Lipinski definition) is 1. The molecule has 29 heavy (non-hydrogen) atoms. The van der Waals surface area contributed by atoms with Crippen LogP contribution in [0.3, 0.4) is 0 Å². The number of rotatable bonds is 6. The van der Waals surface area contributed by atoms with Gasteiger partial charge in [0.2, 0.25) is 5.75 Å². The predicted molar refractivity (Wildman–Crippen MR) is 112 cm³/mol. The van der Waals surface area contributed by atoms with E-state index in [1.165, 1.54) is 0 Å². The van der Waals surface area contributed by atoms with Crippen LogP contribution in [-0.4, -0.2) is 65.5 Å². The third-order valence-corrected chi connectivity index (χ3v) is 4.92. The van der Waals surface area contributed by atoms with Gasteiger partial charge in [-0.3, -0.25) is 0 Å². The fourth-order valence-corrected chi connectivity index (χ4v) is 3.32. The van der Waals surface area contributed by atoms with Gasteiger partial charge < -0.3 is 34.1 Å². The Kier molecular flexibility index (Phi) is 6.54. The Balaban J connectivity index is 1.62. The quantitative estimate of drug-likeness (QED) is 0.802. The Labute approximate surface area is 170 Å². The summed E-state index contributed by atoms with van der Waals surface area (Å²) in [6.45, 7) is 2.77. The van der Waals surface area contributed by atoms with E-state index < -0.39 is 0 Å². The standard InChI is InChI=1S/C21H27N3O5/c1-26-17-7-5-16(6-8-17)23-9-11-24(12-10-23)21(25)22-15-13-18(27-2)20(29-4)19(14-15)28-3/h5-8,13-14H,9-12H2,1-4H3,(H,22,25). The predicted octanol–water partition coefficient (Wildman–Crippen LogP) is 3.08. The van der Waals surface area contributed by atoms with E-state index in [0.29, 0.717) is 36.0 Å². The lowest BCUT2D eigenvalue weighted by Gasteiger charge is -2.36. The first-order chi connectivity index (χ1) is 14.1. The number of nitrogens with zero attached hydrogens (tertiary/aromatic N) is 2. The zero-order chi connectivity index (χ0) is 20.8. The molecular weight excluding hydrogens is 374 g/mol. The van der Waals surface area contributed by atoms with Crippen LogP contribution in [0.15, 0.2) is 36.4 Å². The molecular formula is C21H27N3O5. The van der Waals surface area contributed by atoms with Crippen LogP contribution in [0, 0.1) is 0 Å². The number of piperazine rings is 1. The molecule has 1 fully saturated rings. The Morgan fingerprint density at radius 2 is 1.41 bits per heavy atom. The first kappa shape index (κ1) is 20.4. The summed E-state index contributed by atoms with van der Waals surface area (Å²) in [6.07, 6.45) is 0. The van der Waals surface area contributed by atoms with Crippen molar-refractivity contribution in [3.63, 3.8) is 0 Å². The normalized spacial score (nSPS) is 13.7. The number of amides is 2. The molecule has 3 rings (SSSR count). The second kappa shape index (κ2) is 9.27. The SMILES string of the molecule is COc1ccc(N2CCN(C(=O)Nc3cc(OC)c(OC)c(OC)c3)CC2)cc1. The van der Waals surface area contributed by atoms with Gasteiger partial charge in [-0.05, 0) is 24.3 Å². The van der Waals surface area contributed by atoms with Gasteiger partial charge in [0, 0.05) is 44.0 Å². The van der Waals surface area contributed by atoms with Crippen molar-refractivity contribution in [3.8, 4) is 23.0 Å². The second-order valence-electron chi connectivity index (χ2n) is 6.52. The Morgan fingerprint density at radius 1 is 0.828 bits per heavy atom. The number of hydrogen-bond acceptors (Lipinski definition) is 6. The molecule has 1 N–H and O–H groups in total. The molecule has 0 bridgehead atoms. The molecule has 1 saturated heterocycles. The summed E-state index contributed by atoms with van der Waals surface area (Å²) < 4.78 is 21.2. The summed E-state index contributed by atoms with van der Waals surface area (Å²) in [6, 6.07) is 11.2. The highest BCUT2D eigenvalue weighted by Gasteiger charge is 2.22. The van der Waals surface area contributed by atoms with Crippen LogP contribution < -0.4 is 29.2 Å². The largest absolute Gasteiger partial charge is 0.497 e. The second-order valence-corrected chi connectivity index (χ2v) is 6.52. The van der Waals surface area contributed by atoms with Crippen molar-refractivity contribution < 1.29 is 23.7 Å². The fraction of sp³-hybridized carbons (Fsp3) is 0.381. The lowest BCUT2D eigenvalue weighted by atomic mass is 10.2. The van der Waals surface area contributed by atoms with Crippen LogP contribution >= 0.6 is 0 Å². The number of ether oxygens (including phenoxy) is 4. The van der Waals surface area contributed by atoms with Crippen molar-refractivity contribution in [1.29, 1.82) is 0 Å². The molecule has 1 aliphatic heterocycles. The molecule has 1 heterocycles. The smallest absolute Gasteiger partial charge is 0.321 e. The van der Waals surface area contributed by atoms with E-state index in [4.69, 9.17) is 18.9 Å². The van der Waals surface area contributed by atoms with E-state index in [-0.39, 0.29) is 6.03 Å². The van der Waals surface area contributed by atoms with E-state index >= 15 is 0 Å². The van der Waals surface area contributed by atoms with E-state index in [1.54, 1.807) is 45.5 Å². The van der Waals surface area contributed by atoms with Gasteiger partial charge in [-0.2, -0.15) is 0 Å². The number of anilines is 2.